The van der Waals surface area contributed by atoms with Gasteiger partial charge in [0.25, 0.3) is 5.91 Å². The van der Waals surface area contributed by atoms with Gasteiger partial charge in [0.05, 0.1) is 6.07 Å². The van der Waals surface area contributed by atoms with Crippen LogP contribution in [-0.4, -0.2) is 24.4 Å². The summed E-state index contributed by atoms with van der Waals surface area (Å²) in [5.74, 6) is -0.573. The van der Waals surface area contributed by atoms with Gasteiger partial charge in [-0.15, -0.1) is 13.2 Å². The minimum absolute atomic E-state index is 0.0678. The summed E-state index contributed by atoms with van der Waals surface area (Å²) in [6.45, 7) is 1.63. The molecule has 0 aliphatic heterocycles. The van der Waals surface area contributed by atoms with Gasteiger partial charge in [-0.1, -0.05) is 41.9 Å². The SMILES string of the molecule is CC(Oc1ccc(Cl)cc1Cc1ccccc1)C(C#N)NC(=O)c1ccc(OC(F)(F)F)cc1. The summed E-state index contributed by atoms with van der Waals surface area (Å²) in [5, 5.41) is 12.7. The molecule has 9 heteroatoms. The van der Waals surface area contributed by atoms with E-state index in [0.717, 1.165) is 23.3 Å². The summed E-state index contributed by atoms with van der Waals surface area (Å²) >= 11 is 6.16. The van der Waals surface area contributed by atoms with Gasteiger partial charge < -0.3 is 14.8 Å². The molecule has 3 rings (SSSR count). The van der Waals surface area contributed by atoms with Gasteiger partial charge in [0, 0.05) is 17.0 Å². The Morgan fingerprint density at radius 1 is 1.09 bits per heavy atom. The van der Waals surface area contributed by atoms with Crippen molar-refractivity contribution in [3.63, 3.8) is 0 Å². The highest BCUT2D eigenvalue weighted by molar-refractivity contribution is 6.30. The number of carbonyl (C=O) groups excluding carboxylic acids is 1. The minimum atomic E-state index is -4.83. The summed E-state index contributed by atoms with van der Waals surface area (Å²) in [7, 11) is 0. The first kappa shape index (κ1) is 24.9. The Balaban J connectivity index is 1.69. The lowest BCUT2D eigenvalue weighted by molar-refractivity contribution is -0.274. The van der Waals surface area contributed by atoms with Crippen molar-refractivity contribution in [3.8, 4) is 17.6 Å². The molecule has 0 spiro atoms. The van der Waals surface area contributed by atoms with Crippen LogP contribution in [0.4, 0.5) is 13.2 Å². The molecule has 0 aliphatic rings. The molecule has 0 aromatic heterocycles. The lowest BCUT2D eigenvalue weighted by Crippen LogP contribution is -2.43. The van der Waals surface area contributed by atoms with Crippen molar-refractivity contribution in [2.24, 2.45) is 0 Å². The van der Waals surface area contributed by atoms with Gasteiger partial charge in [0.1, 0.15) is 17.6 Å². The van der Waals surface area contributed by atoms with Crippen molar-refractivity contribution in [2.45, 2.75) is 31.9 Å². The maximum atomic E-state index is 12.5. The molecule has 2 unspecified atom stereocenters. The Bertz CT molecular complexity index is 1160. The Hall–Kier alpha value is -3.70. The van der Waals surface area contributed by atoms with Crippen LogP contribution in [0.1, 0.15) is 28.4 Å². The van der Waals surface area contributed by atoms with Gasteiger partial charge in [-0.2, -0.15) is 5.26 Å². The molecule has 0 heterocycles. The second-order valence-corrected chi connectivity index (χ2v) is 7.83. The molecule has 5 nitrogen and oxygen atoms in total. The van der Waals surface area contributed by atoms with Crippen molar-refractivity contribution in [1.29, 1.82) is 5.26 Å². The van der Waals surface area contributed by atoms with E-state index in [-0.39, 0.29) is 5.56 Å². The molecular weight excluding hydrogens is 469 g/mol. The maximum absolute atomic E-state index is 12.5. The predicted octanol–water partition coefficient (Wildman–Crippen LogP) is 5.92. The summed E-state index contributed by atoms with van der Waals surface area (Å²) in [6.07, 6.45) is -5.01. The summed E-state index contributed by atoms with van der Waals surface area (Å²) in [4.78, 5) is 12.5. The molecule has 2 atom stereocenters. The molecule has 0 radical (unpaired) electrons. The van der Waals surface area contributed by atoms with Gasteiger partial charge in [0.15, 0.2) is 6.04 Å². The summed E-state index contributed by atoms with van der Waals surface area (Å²) in [6, 6.07) is 20.2. The highest BCUT2D eigenvalue weighted by atomic mass is 35.5. The molecular formula is C25H20ClF3N2O3. The zero-order valence-electron chi connectivity index (χ0n) is 18.0. The van der Waals surface area contributed by atoms with Crippen molar-refractivity contribution >= 4 is 17.5 Å². The second kappa shape index (κ2) is 10.9. The highest BCUT2D eigenvalue weighted by Gasteiger charge is 2.31. The number of carbonyl (C=O) groups is 1. The van der Waals surface area contributed by atoms with Gasteiger partial charge in [-0.05, 0) is 60.5 Å². The number of amides is 1. The number of nitriles is 1. The third-order valence-electron chi connectivity index (χ3n) is 4.82. The number of nitrogens with zero attached hydrogens (tertiary/aromatic N) is 1. The monoisotopic (exact) mass is 488 g/mol. The van der Waals surface area contributed by atoms with Crippen molar-refractivity contribution in [1.82, 2.24) is 5.32 Å². The van der Waals surface area contributed by atoms with E-state index >= 15 is 0 Å². The Labute approximate surface area is 199 Å². The van der Waals surface area contributed by atoms with E-state index in [2.05, 4.69) is 10.1 Å². The topological polar surface area (TPSA) is 71.3 Å². The van der Waals surface area contributed by atoms with E-state index in [1.54, 1.807) is 25.1 Å². The van der Waals surface area contributed by atoms with Crippen LogP contribution in [0, 0.1) is 11.3 Å². The van der Waals surface area contributed by atoms with E-state index in [1.807, 2.05) is 36.4 Å². The van der Waals surface area contributed by atoms with E-state index in [9.17, 15) is 23.2 Å². The predicted molar refractivity (Wildman–Crippen MR) is 121 cm³/mol. The largest absolute Gasteiger partial charge is 0.573 e. The number of benzene rings is 3. The summed E-state index contributed by atoms with van der Waals surface area (Å²) < 4.78 is 46.7. The van der Waals surface area contributed by atoms with E-state index in [0.29, 0.717) is 17.2 Å². The van der Waals surface area contributed by atoms with Crippen LogP contribution in [0.25, 0.3) is 0 Å². The molecule has 1 N–H and O–H groups in total. The molecule has 3 aromatic carbocycles. The lowest BCUT2D eigenvalue weighted by Gasteiger charge is -2.22. The molecule has 0 bridgehead atoms. The number of hydrogen-bond donors (Lipinski definition) is 1. The quantitative estimate of drug-likeness (QED) is 0.427. The highest BCUT2D eigenvalue weighted by Crippen LogP contribution is 2.27. The Morgan fingerprint density at radius 3 is 2.38 bits per heavy atom. The van der Waals surface area contributed by atoms with Crippen LogP contribution in [-0.2, 0) is 6.42 Å². The third-order valence-corrected chi connectivity index (χ3v) is 5.05. The zero-order valence-corrected chi connectivity index (χ0v) is 18.7. The van der Waals surface area contributed by atoms with Gasteiger partial charge in [-0.25, -0.2) is 0 Å². The molecule has 0 saturated heterocycles. The van der Waals surface area contributed by atoms with E-state index in [1.165, 1.54) is 12.1 Å². The number of hydrogen-bond acceptors (Lipinski definition) is 4. The van der Waals surface area contributed by atoms with Crippen LogP contribution in [0.3, 0.4) is 0 Å². The van der Waals surface area contributed by atoms with E-state index < -0.39 is 30.2 Å². The van der Waals surface area contributed by atoms with Gasteiger partial charge in [0.2, 0.25) is 0 Å². The summed E-state index contributed by atoms with van der Waals surface area (Å²) in [5.41, 5.74) is 1.93. The first-order valence-electron chi connectivity index (χ1n) is 10.2. The third kappa shape index (κ3) is 7.15. The molecule has 176 valence electrons. The average molecular weight is 489 g/mol. The van der Waals surface area contributed by atoms with Crippen molar-refractivity contribution < 1.29 is 27.4 Å². The molecule has 0 fully saturated rings. The normalized spacial score (nSPS) is 12.8. The number of alkyl halides is 3. The fourth-order valence-electron chi connectivity index (χ4n) is 3.17. The van der Waals surface area contributed by atoms with Crippen LogP contribution in [0.2, 0.25) is 5.02 Å². The van der Waals surface area contributed by atoms with Crippen LogP contribution < -0.4 is 14.8 Å². The lowest BCUT2D eigenvalue weighted by atomic mass is 10.0. The fourth-order valence-corrected chi connectivity index (χ4v) is 3.37. The molecule has 1 amide bonds. The molecule has 0 saturated carbocycles. The fraction of sp³-hybridized carbons (Fsp3) is 0.200. The Morgan fingerprint density at radius 2 is 1.76 bits per heavy atom. The molecule has 34 heavy (non-hydrogen) atoms. The molecule has 0 aliphatic carbocycles. The van der Waals surface area contributed by atoms with Crippen LogP contribution in [0.5, 0.6) is 11.5 Å². The van der Waals surface area contributed by atoms with E-state index in [4.69, 9.17) is 16.3 Å². The standard InChI is InChI=1S/C25H20ClF3N2O3/c1-16(33-23-12-9-20(26)14-19(23)13-17-5-3-2-4-6-17)22(15-30)31-24(32)18-7-10-21(11-8-18)34-25(27,28)29/h2-12,14,16,22H,13H2,1H3,(H,31,32). The Kier molecular flexibility index (Phi) is 8.03. The molecule has 3 aromatic rings. The van der Waals surface area contributed by atoms with Crippen molar-refractivity contribution in [2.75, 3.05) is 0 Å². The zero-order chi connectivity index (χ0) is 24.7. The first-order chi connectivity index (χ1) is 16.1. The maximum Gasteiger partial charge on any atom is 0.573 e. The van der Waals surface area contributed by atoms with Crippen LogP contribution >= 0.6 is 11.6 Å². The second-order valence-electron chi connectivity index (χ2n) is 7.39. The average Bonchev–Trinajstić information content (AvgIpc) is 2.79. The number of halogens is 4. The van der Waals surface area contributed by atoms with Gasteiger partial charge >= 0.3 is 6.36 Å². The number of nitrogens with one attached hydrogen (secondary N) is 1. The smallest absolute Gasteiger partial charge is 0.487 e. The minimum Gasteiger partial charge on any atom is -0.487 e. The number of rotatable bonds is 8. The number of ether oxygens (including phenoxy) is 2. The van der Waals surface area contributed by atoms with Gasteiger partial charge in [-0.3, -0.25) is 4.79 Å². The van der Waals surface area contributed by atoms with Crippen molar-refractivity contribution in [3.05, 3.63) is 94.5 Å². The first-order valence-corrected chi connectivity index (χ1v) is 10.6. The van der Waals surface area contributed by atoms with Crippen LogP contribution in [0.15, 0.2) is 72.8 Å².